The Morgan fingerprint density at radius 1 is 1.05 bits per heavy atom. The molecule has 1 fully saturated rings. The smallest absolute Gasteiger partial charge is 0.342 e. The van der Waals surface area contributed by atoms with Gasteiger partial charge in [-0.05, 0) is 87.0 Å². The highest BCUT2D eigenvalue weighted by atomic mass is 32.3. The van der Waals surface area contributed by atoms with Crippen molar-refractivity contribution in [3.05, 3.63) is 64.7 Å². The van der Waals surface area contributed by atoms with Crippen LogP contribution in [0.2, 0.25) is 0 Å². The molecule has 4 rings (SSSR count). The molecule has 2 aliphatic rings. The first-order valence-electron chi connectivity index (χ1n) is 13.0. The maximum absolute atomic E-state index is 13.0. The fourth-order valence-electron chi connectivity index (χ4n) is 5.32. The maximum atomic E-state index is 13.0. The van der Waals surface area contributed by atoms with Gasteiger partial charge in [0.25, 0.3) is 11.7 Å². The van der Waals surface area contributed by atoms with Gasteiger partial charge in [-0.15, -0.1) is 0 Å². The number of alkyl halides is 3. The van der Waals surface area contributed by atoms with Gasteiger partial charge in [-0.2, -0.15) is 23.8 Å². The number of likely N-dealkylation sites (tertiary alicyclic amines) is 1. The average Bonchev–Trinajstić information content (AvgIpc) is 2.92. The minimum Gasteiger partial charge on any atom is -0.342 e. The Balaban J connectivity index is 1.41. The van der Waals surface area contributed by atoms with Crippen LogP contribution in [0.15, 0.2) is 47.4 Å². The van der Waals surface area contributed by atoms with Gasteiger partial charge in [0, 0.05) is 6.04 Å². The van der Waals surface area contributed by atoms with Crippen LogP contribution in [-0.4, -0.2) is 50.3 Å². The van der Waals surface area contributed by atoms with Crippen molar-refractivity contribution in [1.82, 2.24) is 10.2 Å². The van der Waals surface area contributed by atoms with Crippen molar-refractivity contribution in [3.63, 3.8) is 0 Å². The van der Waals surface area contributed by atoms with Crippen LogP contribution in [0.4, 0.5) is 13.2 Å². The second kappa shape index (κ2) is 11.8. The van der Waals surface area contributed by atoms with Gasteiger partial charge >= 0.3 is 6.18 Å². The molecule has 3 N–H and O–H groups in total. The molecule has 1 amide bonds. The normalized spacial score (nSPS) is 19.6. The number of halogens is 3. The minimum absolute atomic E-state index is 0.265. The Hall–Kier alpha value is -2.73. The third-order valence-corrected chi connectivity index (χ3v) is 9.21. The van der Waals surface area contributed by atoms with Crippen LogP contribution in [0, 0.1) is 0 Å². The van der Waals surface area contributed by atoms with E-state index in [2.05, 4.69) is 23.2 Å². The Bertz CT molecular complexity index is 1240. The lowest BCUT2D eigenvalue weighted by molar-refractivity contribution is -0.144. The third-order valence-electron chi connectivity index (χ3n) is 7.54. The maximum Gasteiger partial charge on any atom is 0.416 e. The zero-order chi connectivity index (χ0) is 28.4. The van der Waals surface area contributed by atoms with Crippen molar-refractivity contribution in [2.24, 2.45) is 0 Å². The summed E-state index contributed by atoms with van der Waals surface area (Å²) in [4.78, 5) is 39.6. The van der Waals surface area contributed by atoms with Crippen molar-refractivity contribution < 1.29 is 36.7 Å². The number of carbonyl (C=O) groups excluding carboxylic acids is 3. The number of ketones is 2. The minimum atomic E-state index is -4.73. The van der Waals surface area contributed by atoms with E-state index in [1.807, 2.05) is 12.1 Å². The molecule has 1 aliphatic carbocycles. The Morgan fingerprint density at radius 2 is 1.77 bits per heavy atom. The average molecular weight is 567 g/mol. The van der Waals surface area contributed by atoms with E-state index in [1.54, 1.807) is 0 Å². The number of aryl methyl sites for hydroxylation is 1. The van der Waals surface area contributed by atoms with E-state index in [-0.39, 0.29) is 6.04 Å². The molecule has 1 saturated heterocycles. The quantitative estimate of drug-likeness (QED) is 0.280. The fourth-order valence-corrected chi connectivity index (χ4v) is 6.59. The molecule has 2 atom stereocenters. The summed E-state index contributed by atoms with van der Waals surface area (Å²) in [5.74, 6) is -5.21. The van der Waals surface area contributed by atoms with E-state index in [0.29, 0.717) is 12.5 Å². The summed E-state index contributed by atoms with van der Waals surface area (Å²) in [6.45, 7) is 4.31. The predicted octanol–water partition coefficient (Wildman–Crippen LogP) is 5.69. The lowest BCUT2D eigenvalue weighted by atomic mass is 9.85. The molecular weight excluding hydrogens is 533 g/mol. The third kappa shape index (κ3) is 6.89. The molecule has 212 valence electrons. The lowest BCUT2D eigenvalue weighted by Crippen LogP contribution is -2.40. The van der Waals surface area contributed by atoms with E-state index in [9.17, 15) is 36.7 Å². The van der Waals surface area contributed by atoms with Crippen LogP contribution in [0.3, 0.4) is 0 Å². The molecule has 0 spiro atoms. The summed E-state index contributed by atoms with van der Waals surface area (Å²) in [5.41, 5.74) is 2.01. The summed E-state index contributed by atoms with van der Waals surface area (Å²) in [5, 5.41) is 2.60. The van der Waals surface area contributed by atoms with Crippen LogP contribution in [0.1, 0.15) is 73.4 Å². The first-order chi connectivity index (χ1) is 18.4. The molecule has 2 aromatic carbocycles. The molecule has 0 radical (unpaired) electrons. The Labute approximate surface area is 227 Å². The van der Waals surface area contributed by atoms with Gasteiger partial charge in [-0.3, -0.25) is 28.4 Å². The number of amides is 1. The standard InChI is InChI=1S/C28H33F3N2O5S/c1-18(33-13-3-2-4-14-33)19-11-12-23-20(15-19)7-5-10-24(23)32-27(36)26(35)25(34)17-39(37,38)22-9-6-8-21(16-22)28(29,30)31/h6,8-9,11-12,15-16,18,24,37-38H,2-5,7,10,13-14,17H2,1H3,(H,32,36)/t18-,24+/m1/s1. The summed E-state index contributed by atoms with van der Waals surface area (Å²) in [7, 11) is -4.08. The zero-order valence-electron chi connectivity index (χ0n) is 21.7. The number of benzene rings is 2. The summed E-state index contributed by atoms with van der Waals surface area (Å²) in [6, 6.07) is 9.18. The van der Waals surface area contributed by atoms with Crippen molar-refractivity contribution in [2.75, 3.05) is 18.8 Å². The topological polar surface area (TPSA) is 107 Å². The number of nitrogens with zero attached hydrogens (tertiary/aromatic N) is 1. The SMILES string of the molecule is C[C@H](c1ccc2c(c1)CCC[C@@H]2NC(=O)C(=O)C(=O)CS(O)(O)c1cccc(C(F)(F)F)c1)N1CCCCC1. The molecule has 1 heterocycles. The van der Waals surface area contributed by atoms with E-state index < -0.39 is 56.5 Å². The molecule has 0 aromatic heterocycles. The van der Waals surface area contributed by atoms with Crippen LogP contribution >= 0.6 is 10.6 Å². The number of nitrogens with one attached hydrogen (secondary N) is 1. The first-order valence-corrected chi connectivity index (χ1v) is 14.8. The molecule has 39 heavy (non-hydrogen) atoms. The van der Waals surface area contributed by atoms with E-state index >= 15 is 0 Å². The summed E-state index contributed by atoms with van der Waals surface area (Å²) < 4.78 is 59.7. The number of Topliss-reactive ketones (excluding diaryl/α,β-unsaturated/α-hetero) is 2. The van der Waals surface area contributed by atoms with Crippen molar-refractivity contribution in [2.45, 2.75) is 68.6 Å². The molecule has 0 saturated carbocycles. The highest BCUT2D eigenvalue weighted by molar-refractivity contribution is 8.25. The number of hydrogen-bond acceptors (Lipinski definition) is 6. The van der Waals surface area contributed by atoms with Gasteiger partial charge in [-0.1, -0.05) is 30.7 Å². The second-order valence-electron chi connectivity index (χ2n) is 10.2. The number of fused-ring (bicyclic) bond motifs is 1. The number of hydrogen-bond donors (Lipinski definition) is 3. The molecule has 1 aliphatic heterocycles. The van der Waals surface area contributed by atoms with Crippen molar-refractivity contribution in [1.29, 1.82) is 0 Å². The van der Waals surface area contributed by atoms with Gasteiger partial charge in [0.2, 0.25) is 5.78 Å². The van der Waals surface area contributed by atoms with Gasteiger partial charge in [0.15, 0.2) is 0 Å². The number of carbonyl (C=O) groups is 3. The van der Waals surface area contributed by atoms with Crippen LogP contribution < -0.4 is 5.32 Å². The second-order valence-corrected chi connectivity index (χ2v) is 12.3. The van der Waals surface area contributed by atoms with Gasteiger partial charge < -0.3 is 5.32 Å². The van der Waals surface area contributed by atoms with Crippen molar-refractivity contribution in [3.8, 4) is 0 Å². The van der Waals surface area contributed by atoms with Gasteiger partial charge in [0.05, 0.1) is 16.5 Å². The molecule has 2 aromatic rings. The number of piperidine rings is 1. The van der Waals surface area contributed by atoms with Crippen LogP contribution in [-0.2, 0) is 27.0 Å². The van der Waals surface area contributed by atoms with E-state index in [1.165, 1.54) is 24.8 Å². The highest BCUT2D eigenvalue weighted by Gasteiger charge is 2.34. The highest BCUT2D eigenvalue weighted by Crippen LogP contribution is 2.49. The van der Waals surface area contributed by atoms with Crippen LogP contribution in [0.5, 0.6) is 0 Å². The molecule has 0 bridgehead atoms. The summed E-state index contributed by atoms with van der Waals surface area (Å²) in [6.07, 6.45) is 1.07. The predicted molar refractivity (Wildman–Crippen MR) is 142 cm³/mol. The molecular formula is C28H33F3N2O5S. The van der Waals surface area contributed by atoms with E-state index in [0.717, 1.165) is 55.3 Å². The monoisotopic (exact) mass is 566 g/mol. The summed E-state index contributed by atoms with van der Waals surface area (Å²) >= 11 is 0. The Morgan fingerprint density at radius 3 is 2.46 bits per heavy atom. The van der Waals surface area contributed by atoms with E-state index in [4.69, 9.17) is 0 Å². The van der Waals surface area contributed by atoms with Crippen molar-refractivity contribution >= 4 is 28.1 Å². The lowest BCUT2D eigenvalue weighted by Gasteiger charge is -2.34. The molecule has 7 nitrogen and oxygen atoms in total. The van der Waals surface area contributed by atoms with Gasteiger partial charge in [-0.25, -0.2) is 0 Å². The Kier molecular flexibility index (Phi) is 8.85. The largest absolute Gasteiger partial charge is 0.416 e. The first kappa shape index (κ1) is 29.3. The zero-order valence-corrected chi connectivity index (χ0v) is 22.5. The van der Waals surface area contributed by atoms with Crippen LogP contribution in [0.25, 0.3) is 0 Å². The molecule has 11 heteroatoms. The van der Waals surface area contributed by atoms with Gasteiger partial charge in [0.1, 0.15) is 5.75 Å². The molecule has 0 unspecified atom stereocenters. The fraction of sp³-hybridized carbons (Fsp3) is 0.464. The number of rotatable bonds is 8.